The fraction of sp³-hybridized carbons (Fsp3) is 0.409. The van der Waals surface area contributed by atoms with Crippen molar-refractivity contribution in [2.45, 2.75) is 31.0 Å². The quantitative estimate of drug-likeness (QED) is 0.700. The van der Waals surface area contributed by atoms with Crippen molar-refractivity contribution in [1.29, 1.82) is 0 Å². The molecule has 0 N–H and O–H groups in total. The minimum absolute atomic E-state index is 0.0199. The van der Waals surface area contributed by atoms with Crippen molar-refractivity contribution in [3.8, 4) is 5.75 Å². The molecule has 4 rings (SSSR count). The maximum absolute atomic E-state index is 12.6. The summed E-state index contributed by atoms with van der Waals surface area (Å²) in [4.78, 5) is 32.9. The summed E-state index contributed by atoms with van der Waals surface area (Å²) in [5.41, 5.74) is 1.03. The molecule has 7 nitrogen and oxygen atoms in total. The third kappa shape index (κ3) is 3.96. The Balaban J connectivity index is 1.34. The van der Waals surface area contributed by atoms with Gasteiger partial charge in [-0.25, -0.2) is 0 Å². The Kier molecular flexibility index (Phi) is 5.76. The molecule has 2 unspecified atom stereocenters. The van der Waals surface area contributed by atoms with Crippen LogP contribution in [0.5, 0.6) is 5.75 Å². The van der Waals surface area contributed by atoms with E-state index in [4.69, 9.17) is 9.47 Å². The highest BCUT2D eigenvalue weighted by Crippen LogP contribution is 2.40. The second-order valence-electron chi connectivity index (χ2n) is 7.34. The van der Waals surface area contributed by atoms with Gasteiger partial charge in [-0.15, -0.1) is 0 Å². The van der Waals surface area contributed by atoms with E-state index in [9.17, 15) is 9.59 Å². The van der Waals surface area contributed by atoms with Crippen LogP contribution in [0.1, 0.15) is 24.4 Å². The second kappa shape index (κ2) is 8.61. The van der Waals surface area contributed by atoms with Gasteiger partial charge in [0.05, 0.1) is 6.04 Å². The van der Waals surface area contributed by atoms with Gasteiger partial charge in [0.15, 0.2) is 12.7 Å². The van der Waals surface area contributed by atoms with Gasteiger partial charge in [-0.05, 0) is 42.7 Å². The molecule has 0 bridgehead atoms. The SMILES string of the molecule is COC1C(=O)N(C2CCN(C(=O)COc3ccccc3)CC2)C1c1ccncc1. The topological polar surface area (TPSA) is 72.0 Å². The smallest absolute Gasteiger partial charge is 0.260 e. The average Bonchev–Trinajstić information content (AvgIpc) is 2.78. The molecule has 7 heteroatoms. The number of likely N-dealkylation sites (tertiary alicyclic amines) is 2. The molecule has 2 aromatic rings. The number of pyridine rings is 1. The number of hydrogen-bond donors (Lipinski definition) is 0. The number of nitrogens with zero attached hydrogens (tertiary/aromatic N) is 3. The van der Waals surface area contributed by atoms with Crippen LogP contribution in [0.4, 0.5) is 0 Å². The third-order valence-electron chi connectivity index (χ3n) is 5.70. The molecule has 0 spiro atoms. The maximum Gasteiger partial charge on any atom is 0.260 e. The molecule has 1 aromatic heterocycles. The molecule has 152 valence electrons. The van der Waals surface area contributed by atoms with Gasteiger partial charge in [0.1, 0.15) is 5.75 Å². The fourth-order valence-corrected chi connectivity index (χ4v) is 4.16. The highest BCUT2D eigenvalue weighted by Gasteiger charge is 2.51. The number of amides is 2. The number of hydrogen-bond acceptors (Lipinski definition) is 5. The number of benzene rings is 1. The van der Waals surface area contributed by atoms with E-state index in [0.29, 0.717) is 18.8 Å². The Labute approximate surface area is 170 Å². The lowest BCUT2D eigenvalue weighted by Crippen LogP contribution is -2.64. The van der Waals surface area contributed by atoms with Crippen molar-refractivity contribution >= 4 is 11.8 Å². The molecule has 2 fully saturated rings. The maximum atomic E-state index is 12.6. The number of carbonyl (C=O) groups excluding carboxylic acids is 2. The van der Waals surface area contributed by atoms with Crippen molar-refractivity contribution in [3.63, 3.8) is 0 Å². The van der Waals surface area contributed by atoms with Gasteiger partial charge in [-0.2, -0.15) is 0 Å². The van der Waals surface area contributed by atoms with Crippen LogP contribution in [-0.2, 0) is 14.3 Å². The van der Waals surface area contributed by atoms with Gasteiger partial charge in [0.2, 0.25) is 0 Å². The van der Waals surface area contributed by atoms with Crippen LogP contribution in [-0.4, -0.2) is 65.6 Å². The minimum atomic E-state index is -0.448. The third-order valence-corrected chi connectivity index (χ3v) is 5.70. The summed E-state index contributed by atoms with van der Waals surface area (Å²) < 4.78 is 11.0. The second-order valence-corrected chi connectivity index (χ2v) is 7.34. The molecule has 0 aliphatic carbocycles. The first kappa shape index (κ1) is 19.4. The number of piperidine rings is 1. The number of β-lactam (4-membered cyclic amide) rings is 1. The van der Waals surface area contributed by atoms with Crippen molar-refractivity contribution in [2.75, 3.05) is 26.8 Å². The molecule has 29 heavy (non-hydrogen) atoms. The van der Waals surface area contributed by atoms with Gasteiger partial charge < -0.3 is 19.3 Å². The zero-order valence-corrected chi connectivity index (χ0v) is 16.4. The number of ether oxygens (including phenoxy) is 2. The summed E-state index contributed by atoms with van der Waals surface area (Å²) >= 11 is 0. The Morgan fingerprint density at radius 2 is 1.79 bits per heavy atom. The molecule has 0 saturated carbocycles. The molecule has 2 aliphatic heterocycles. The predicted octanol–water partition coefficient (Wildman–Crippen LogP) is 2.05. The first-order valence-corrected chi connectivity index (χ1v) is 9.89. The zero-order chi connectivity index (χ0) is 20.2. The lowest BCUT2D eigenvalue weighted by atomic mass is 9.86. The Morgan fingerprint density at radius 3 is 2.45 bits per heavy atom. The zero-order valence-electron chi connectivity index (χ0n) is 16.4. The van der Waals surface area contributed by atoms with Gasteiger partial charge in [0, 0.05) is 38.6 Å². The lowest BCUT2D eigenvalue weighted by Gasteiger charge is -2.52. The number of methoxy groups -OCH3 is 1. The van der Waals surface area contributed by atoms with Crippen molar-refractivity contribution in [2.24, 2.45) is 0 Å². The van der Waals surface area contributed by atoms with Gasteiger partial charge in [-0.3, -0.25) is 14.6 Å². The minimum Gasteiger partial charge on any atom is -0.484 e. The molecule has 0 radical (unpaired) electrons. The van der Waals surface area contributed by atoms with E-state index in [1.54, 1.807) is 19.5 Å². The summed E-state index contributed by atoms with van der Waals surface area (Å²) in [5.74, 6) is 0.682. The Hall–Kier alpha value is -2.93. The summed E-state index contributed by atoms with van der Waals surface area (Å²) in [6.45, 7) is 1.26. The first-order chi connectivity index (χ1) is 14.2. The highest BCUT2D eigenvalue weighted by atomic mass is 16.5. The van der Waals surface area contributed by atoms with Gasteiger partial charge in [0.25, 0.3) is 11.8 Å². The fourth-order valence-electron chi connectivity index (χ4n) is 4.16. The van der Waals surface area contributed by atoms with Gasteiger partial charge in [-0.1, -0.05) is 18.2 Å². The van der Waals surface area contributed by atoms with Crippen LogP contribution >= 0.6 is 0 Å². The predicted molar refractivity (Wildman–Crippen MR) is 106 cm³/mol. The van der Waals surface area contributed by atoms with E-state index >= 15 is 0 Å². The van der Waals surface area contributed by atoms with Crippen LogP contribution in [0, 0.1) is 0 Å². The molecule has 3 heterocycles. The Morgan fingerprint density at radius 1 is 1.10 bits per heavy atom. The van der Waals surface area contributed by atoms with Crippen molar-refractivity contribution < 1.29 is 19.1 Å². The van der Waals surface area contributed by atoms with E-state index in [0.717, 1.165) is 18.4 Å². The van der Waals surface area contributed by atoms with Crippen LogP contribution in [0.3, 0.4) is 0 Å². The summed E-state index contributed by atoms with van der Waals surface area (Å²) in [6.07, 6.45) is 4.52. The Bertz CT molecular complexity index is 838. The molecule has 2 aliphatic rings. The van der Waals surface area contributed by atoms with Gasteiger partial charge >= 0.3 is 0 Å². The molecule has 1 aromatic carbocycles. The first-order valence-electron chi connectivity index (χ1n) is 9.89. The number of para-hydroxylation sites is 1. The monoisotopic (exact) mass is 395 g/mol. The molecule has 2 amide bonds. The highest BCUT2D eigenvalue weighted by molar-refractivity contribution is 5.89. The van der Waals surface area contributed by atoms with Crippen LogP contribution in [0.25, 0.3) is 0 Å². The molecule has 2 atom stereocenters. The summed E-state index contributed by atoms with van der Waals surface area (Å²) in [6, 6.07) is 13.2. The van der Waals surface area contributed by atoms with E-state index in [-0.39, 0.29) is 30.5 Å². The summed E-state index contributed by atoms with van der Waals surface area (Å²) in [7, 11) is 1.57. The van der Waals surface area contributed by atoms with Crippen LogP contribution in [0.15, 0.2) is 54.9 Å². The van der Waals surface area contributed by atoms with Crippen molar-refractivity contribution in [1.82, 2.24) is 14.8 Å². The summed E-state index contributed by atoms with van der Waals surface area (Å²) in [5, 5.41) is 0. The van der Waals surface area contributed by atoms with E-state index in [1.165, 1.54) is 0 Å². The number of rotatable bonds is 6. The van der Waals surface area contributed by atoms with E-state index in [2.05, 4.69) is 4.98 Å². The van der Waals surface area contributed by atoms with Crippen molar-refractivity contribution in [3.05, 3.63) is 60.4 Å². The number of aromatic nitrogens is 1. The van der Waals surface area contributed by atoms with E-state index in [1.807, 2.05) is 52.3 Å². The average molecular weight is 395 g/mol. The normalized spacial score (nSPS) is 22.3. The molecule has 2 saturated heterocycles. The van der Waals surface area contributed by atoms with E-state index < -0.39 is 6.10 Å². The number of carbonyl (C=O) groups is 2. The van der Waals surface area contributed by atoms with Crippen LogP contribution in [0.2, 0.25) is 0 Å². The van der Waals surface area contributed by atoms with Crippen LogP contribution < -0.4 is 4.74 Å². The molecular weight excluding hydrogens is 370 g/mol. The largest absolute Gasteiger partial charge is 0.484 e. The standard InChI is InChI=1S/C22H25N3O4/c1-28-21-20(16-7-11-23-12-8-16)25(22(21)27)17-9-13-24(14-10-17)19(26)15-29-18-5-3-2-4-6-18/h2-8,11-12,17,20-21H,9-10,13-15H2,1H3. The molecular formula is C22H25N3O4. The lowest BCUT2D eigenvalue weighted by molar-refractivity contribution is -0.178.